The molecule has 4 rings (SSSR count). The summed E-state index contributed by atoms with van der Waals surface area (Å²) in [4.78, 5) is 27.8. The first-order valence-corrected chi connectivity index (χ1v) is 14.0. The van der Waals surface area contributed by atoms with E-state index < -0.39 is 28.1 Å². The van der Waals surface area contributed by atoms with Gasteiger partial charge < -0.3 is 16.4 Å². The average molecular weight is 577 g/mol. The lowest BCUT2D eigenvalue weighted by Gasteiger charge is -2.29. The third-order valence-electron chi connectivity index (χ3n) is 6.12. The zero-order valence-electron chi connectivity index (χ0n) is 20.5. The first-order chi connectivity index (χ1) is 18.1. The van der Waals surface area contributed by atoms with E-state index in [2.05, 4.69) is 10.6 Å². The van der Waals surface area contributed by atoms with Gasteiger partial charge in [0.05, 0.1) is 14.9 Å². The summed E-state index contributed by atoms with van der Waals surface area (Å²) < 4.78 is 28.2. The fourth-order valence-corrected chi connectivity index (χ4v) is 6.03. The molecule has 1 unspecified atom stereocenters. The summed E-state index contributed by atoms with van der Waals surface area (Å²) in [6.07, 6.45) is -1.43. The van der Waals surface area contributed by atoms with Gasteiger partial charge in [-0.25, -0.2) is 13.2 Å². The number of amides is 3. The molecule has 1 atom stereocenters. The molecule has 1 aliphatic rings. The van der Waals surface area contributed by atoms with Gasteiger partial charge in [0.25, 0.3) is 5.91 Å². The van der Waals surface area contributed by atoms with Crippen molar-refractivity contribution >= 4 is 50.9 Å². The minimum absolute atomic E-state index is 0.00100. The molecular weight excluding hydrogens is 549 g/mol. The molecule has 38 heavy (non-hydrogen) atoms. The van der Waals surface area contributed by atoms with Gasteiger partial charge in [-0.15, -0.1) is 0 Å². The fourth-order valence-electron chi connectivity index (χ4n) is 4.09. The van der Waals surface area contributed by atoms with Gasteiger partial charge in [-0.2, -0.15) is 4.31 Å². The highest BCUT2D eigenvalue weighted by atomic mass is 35.5. The Morgan fingerprint density at radius 2 is 1.68 bits per heavy atom. The zero-order valence-corrected chi connectivity index (χ0v) is 22.9. The van der Waals surface area contributed by atoms with Crippen molar-refractivity contribution < 1.29 is 18.0 Å². The van der Waals surface area contributed by atoms with Crippen LogP contribution in [-0.2, 0) is 27.9 Å². The number of anilines is 1. The second-order valence-corrected chi connectivity index (χ2v) is 11.5. The number of carbonyl (C=O) groups excluding carboxylic acids is 2. The van der Waals surface area contributed by atoms with Crippen molar-refractivity contribution in [1.29, 1.82) is 0 Å². The van der Waals surface area contributed by atoms with Gasteiger partial charge in [0.1, 0.15) is 0 Å². The van der Waals surface area contributed by atoms with Gasteiger partial charge in [0.15, 0.2) is 6.17 Å². The normalized spacial score (nSPS) is 15.9. The molecule has 9 nitrogen and oxygen atoms in total. The summed E-state index contributed by atoms with van der Waals surface area (Å²) >= 11 is 12.0. The van der Waals surface area contributed by atoms with Crippen molar-refractivity contribution in [2.45, 2.75) is 31.1 Å². The van der Waals surface area contributed by atoms with Crippen LogP contribution in [0.2, 0.25) is 10.0 Å². The molecule has 1 aliphatic heterocycles. The van der Waals surface area contributed by atoms with Crippen molar-refractivity contribution in [3.63, 3.8) is 0 Å². The molecule has 0 bridgehead atoms. The number of nitrogens with one attached hydrogen (secondary N) is 2. The van der Waals surface area contributed by atoms with E-state index in [1.54, 1.807) is 12.1 Å². The van der Waals surface area contributed by atoms with Gasteiger partial charge in [0, 0.05) is 31.9 Å². The monoisotopic (exact) mass is 575 g/mol. The number of hydrogen-bond acceptors (Lipinski definition) is 5. The van der Waals surface area contributed by atoms with Crippen LogP contribution >= 0.6 is 23.2 Å². The predicted molar refractivity (Wildman–Crippen MR) is 147 cm³/mol. The molecule has 3 aromatic rings. The highest BCUT2D eigenvalue weighted by molar-refractivity contribution is 7.89. The number of rotatable bonds is 7. The van der Waals surface area contributed by atoms with E-state index in [1.807, 2.05) is 43.3 Å². The fraction of sp³-hybridized carbons (Fsp3) is 0.231. The Kier molecular flexibility index (Phi) is 8.59. The molecule has 1 fully saturated rings. The van der Waals surface area contributed by atoms with Gasteiger partial charge >= 0.3 is 6.03 Å². The number of benzene rings is 3. The van der Waals surface area contributed by atoms with Crippen LogP contribution in [0.4, 0.5) is 10.5 Å². The van der Waals surface area contributed by atoms with E-state index in [4.69, 9.17) is 28.9 Å². The summed E-state index contributed by atoms with van der Waals surface area (Å²) in [6.45, 7) is 2.29. The van der Waals surface area contributed by atoms with Crippen LogP contribution in [0.1, 0.15) is 16.7 Å². The molecule has 0 radical (unpaired) electrons. The van der Waals surface area contributed by atoms with Gasteiger partial charge in [-0.3, -0.25) is 9.69 Å². The Balaban J connectivity index is 1.62. The molecule has 0 saturated carbocycles. The molecule has 3 amide bonds. The third kappa shape index (κ3) is 6.11. The van der Waals surface area contributed by atoms with E-state index in [-0.39, 0.29) is 34.6 Å². The van der Waals surface area contributed by atoms with Crippen molar-refractivity contribution in [3.8, 4) is 0 Å². The van der Waals surface area contributed by atoms with Crippen LogP contribution in [0.3, 0.4) is 0 Å². The minimum atomic E-state index is -4.22. The topological polar surface area (TPSA) is 125 Å². The predicted octanol–water partition coefficient (Wildman–Crippen LogP) is 3.94. The Morgan fingerprint density at radius 3 is 2.37 bits per heavy atom. The number of nitrogens with two attached hydrogens (primary N) is 1. The highest BCUT2D eigenvalue weighted by Crippen LogP contribution is 2.30. The zero-order chi connectivity index (χ0) is 27.4. The molecule has 1 heterocycles. The van der Waals surface area contributed by atoms with Crippen LogP contribution in [0.15, 0.2) is 71.6 Å². The quantitative estimate of drug-likeness (QED) is 0.393. The molecule has 4 N–H and O–H groups in total. The number of halogens is 2. The average Bonchev–Trinajstić information content (AvgIpc) is 3.37. The first-order valence-electron chi connectivity index (χ1n) is 11.8. The van der Waals surface area contributed by atoms with Crippen molar-refractivity contribution in [1.82, 2.24) is 14.5 Å². The lowest BCUT2D eigenvalue weighted by Crippen LogP contribution is -2.54. The molecule has 0 aliphatic carbocycles. The van der Waals surface area contributed by atoms with Crippen LogP contribution < -0.4 is 16.4 Å². The molecule has 0 spiro atoms. The van der Waals surface area contributed by atoms with Gasteiger partial charge in [-0.05, 0) is 48.4 Å². The van der Waals surface area contributed by atoms with Gasteiger partial charge in [0.2, 0.25) is 10.0 Å². The Hall–Kier alpha value is -3.15. The maximum atomic E-state index is 13.6. The maximum Gasteiger partial charge on any atom is 0.323 e. The van der Waals surface area contributed by atoms with E-state index >= 15 is 0 Å². The van der Waals surface area contributed by atoms with E-state index in [1.165, 1.54) is 23.1 Å². The van der Waals surface area contributed by atoms with Crippen molar-refractivity contribution in [2.24, 2.45) is 5.73 Å². The summed E-state index contributed by atoms with van der Waals surface area (Å²) in [6, 6.07) is 17.8. The number of carbonyl (C=O) groups is 2. The number of nitrogens with zero attached hydrogens (tertiary/aromatic N) is 2. The second-order valence-electron chi connectivity index (χ2n) is 8.80. The summed E-state index contributed by atoms with van der Waals surface area (Å²) in [5.74, 6) is -0.650. The Morgan fingerprint density at radius 1 is 0.974 bits per heavy atom. The minimum Gasteiger partial charge on any atom is -0.349 e. The van der Waals surface area contributed by atoms with Crippen molar-refractivity contribution in [3.05, 3.63) is 93.5 Å². The summed E-state index contributed by atoms with van der Waals surface area (Å²) in [5.41, 5.74) is 8.92. The number of hydrogen-bond donors (Lipinski definition) is 3. The molecule has 200 valence electrons. The maximum absolute atomic E-state index is 13.6. The van der Waals surface area contributed by atoms with Gasteiger partial charge in [-0.1, -0.05) is 65.2 Å². The van der Waals surface area contributed by atoms with Crippen molar-refractivity contribution in [2.75, 3.05) is 18.4 Å². The standard InChI is InChI=1S/C26H27Cl2N5O4S/c1-17-5-7-20(8-6-17)31-26(35)32-11-12-33(38(36,37)21-9-10-22(27)23(28)14-21)25(32)24(34)30-16-19-4-2-3-18(13-19)15-29/h2-10,13-14,25H,11-12,15-16,29H2,1H3,(H,30,34)(H,31,35). The lowest BCUT2D eigenvalue weighted by molar-refractivity contribution is -0.127. The van der Waals surface area contributed by atoms with E-state index in [0.29, 0.717) is 12.2 Å². The van der Waals surface area contributed by atoms with Crippen LogP contribution in [-0.4, -0.2) is 48.8 Å². The van der Waals surface area contributed by atoms with E-state index in [0.717, 1.165) is 21.0 Å². The third-order valence-corrected chi connectivity index (χ3v) is 8.71. The van der Waals surface area contributed by atoms with Crippen LogP contribution in [0, 0.1) is 6.92 Å². The lowest BCUT2D eigenvalue weighted by atomic mass is 10.1. The second kappa shape index (κ2) is 11.7. The van der Waals surface area contributed by atoms with E-state index in [9.17, 15) is 18.0 Å². The largest absolute Gasteiger partial charge is 0.349 e. The Bertz CT molecular complexity index is 1450. The number of aryl methyl sites for hydroxylation is 1. The Labute approximate surface area is 231 Å². The molecule has 1 saturated heterocycles. The SMILES string of the molecule is Cc1ccc(NC(=O)N2CCN(S(=O)(=O)c3ccc(Cl)c(Cl)c3)C2C(=O)NCc2cccc(CN)c2)cc1. The number of urea groups is 1. The highest BCUT2D eigenvalue weighted by Gasteiger charge is 2.46. The van der Waals surface area contributed by atoms with Crippen LogP contribution in [0.25, 0.3) is 0 Å². The van der Waals surface area contributed by atoms with Crippen LogP contribution in [0.5, 0.6) is 0 Å². The summed E-state index contributed by atoms with van der Waals surface area (Å²) in [5, 5.41) is 5.77. The number of sulfonamides is 1. The molecular formula is C26H27Cl2N5O4S. The molecule has 3 aromatic carbocycles. The molecule has 0 aromatic heterocycles. The molecule has 12 heteroatoms. The first kappa shape index (κ1) is 27.9. The smallest absolute Gasteiger partial charge is 0.323 e. The summed E-state index contributed by atoms with van der Waals surface area (Å²) in [7, 11) is -4.22.